The molecule has 0 atom stereocenters. The Hall–Kier alpha value is -1.60. The van der Waals surface area contributed by atoms with Crippen molar-refractivity contribution in [3.05, 3.63) is 52.5 Å². The van der Waals surface area contributed by atoms with Gasteiger partial charge in [-0.15, -0.1) is 0 Å². The first-order chi connectivity index (χ1) is 9.99. The molecule has 1 amide bonds. The number of hydrogen-bond donors (Lipinski definition) is 2. The number of anilines is 2. The number of carbonyl (C=O) groups excluding carboxylic acids is 1. The van der Waals surface area contributed by atoms with E-state index in [1.165, 1.54) is 6.07 Å². The molecule has 0 aliphatic rings. The summed E-state index contributed by atoms with van der Waals surface area (Å²) >= 11 is 3.63. The number of rotatable bonds is 4. The fourth-order valence-electron chi connectivity index (χ4n) is 1.68. The summed E-state index contributed by atoms with van der Waals surface area (Å²) in [5, 5.41) is 2.62. The van der Waals surface area contributed by atoms with E-state index in [9.17, 15) is 13.6 Å². The Morgan fingerprint density at radius 3 is 2.62 bits per heavy atom. The van der Waals surface area contributed by atoms with Crippen LogP contribution in [0.3, 0.4) is 0 Å². The second kappa shape index (κ2) is 6.91. The van der Waals surface area contributed by atoms with E-state index >= 15 is 0 Å². The van der Waals surface area contributed by atoms with Crippen molar-refractivity contribution in [1.82, 2.24) is 0 Å². The fourth-order valence-corrected chi connectivity index (χ4v) is 2.72. The molecule has 0 saturated heterocycles. The van der Waals surface area contributed by atoms with Crippen LogP contribution in [0, 0.1) is 0 Å². The van der Waals surface area contributed by atoms with Crippen molar-refractivity contribution in [2.75, 3.05) is 11.1 Å². The van der Waals surface area contributed by atoms with Crippen molar-refractivity contribution >= 4 is 45.0 Å². The summed E-state index contributed by atoms with van der Waals surface area (Å²) in [6, 6.07) is 11.3. The number of carbonyl (C=O) groups is 1. The lowest BCUT2D eigenvalue weighted by Crippen LogP contribution is -2.13. The van der Waals surface area contributed by atoms with Crippen LogP contribution in [-0.4, -0.2) is 11.7 Å². The molecule has 3 nitrogen and oxygen atoms in total. The van der Waals surface area contributed by atoms with Gasteiger partial charge in [-0.25, -0.2) is 0 Å². The summed E-state index contributed by atoms with van der Waals surface area (Å²) in [6.07, 6.45) is 0. The molecule has 2 aromatic carbocycles. The van der Waals surface area contributed by atoms with Gasteiger partial charge in [-0.2, -0.15) is 8.78 Å². The summed E-state index contributed by atoms with van der Waals surface area (Å²) in [7, 11) is 0. The van der Waals surface area contributed by atoms with Crippen LogP contribution in [0.2, 0.25) is 0 Å². The Morgan fingerprint density at radius 1 is 1.19 bits per heavy atom. The molecule has 0 saturated carbocycles. The van der Waals surface area contributed by atoms with E-state index < -0.39 is 11.7 Å². The number of nitrogens with one attached hydrogen (secondary N) is 1. The predicted octanol–water partition coefficient (Wildman–Crippen LogP) is 4.60. The zero-order chi connectivity index (χ0) is 15.4. The summed E-state index contributed by atoms with van der Waals surface area (Å²) < 4.78 is 25.5. The second-order valence-corrected chi connectivity index (χ2v) is 5.86. The molecule has 2 rings (SSSR count). The van der Waals surface area contributed by atoms with E-state index in [1.807, 2.05) is 0 Å². The molecule has 0 fully saturated rings. The molecule has 3 N–H and O–H groups in total. The number of nitrogens with two attached hydrogens (primary N) is 1. The number of para-hydroxylation sites is 1. The minimum atomic E-state index is -2.55. The van der Waals surface area contributed by atoms with Crippen LogP contribution in [-0.2, 0) is 0 Å². The van der Waals surface area contributed by atoms with Crippen molar-refractivity contribution in [1.29, 1.82) is 0 Å². The van der Waals surface area contributed by atoms with Gasteiger partial charge in [0.05, 0.1) is 15.7 Å². The molecule has 21 heavy (non-hydrogen) atoms. The van der Waals surface area contributed by atoms with Gasteiger partial charge in [0.15, 0.2) is 0 Å². The van der Waals surface area contributed by atoms with Gasteiger partial charge in [-0.05, 0) is 40.2 Å². The molecule has 0 unspecified atom stereocenters. The summed E-state index contributed by atoms with van der Waals surface area (Å²) in [5.41, 5.74) is 6.82. The van der Waals surface area contributed by atoms with Crippen LogP contribution >= 0.6 is 27.7 Å². The van der Waals surface area contributed by atoms with Crippen molar-refractivity contribution in [3.63, 3.8) is 0 Å². The lowest BCUT2D eigenvalue weighted by Gasteiger charge is -2.11. The van der Waals surface area contributed by atoms with E-state index in [4.69, 9.17) is 5.73 Å². The summed E-state index contributed by atoms with van der Waals surface area (Å²) in [5.74, 6) is -2.97. The number of nitrogen functional groups attached to an aromatic ring is 1. The number of halogens is 3. The molecular weight excluding hydrogens is 362 g/mol. The first kappa shape index (κ1) is 15.8. The van der Waals surface area contributed by atoms with E-state index in [-0.39, 0.29) is 0 Å². The van der Waals surface area contributed by atoms with E-state index in [0.717, 1.165) is 0 Å². The number of amides is 1. The molecule has 0 aliphatic carbocycles. The van der Waals surface area contributed by atoms with E-state index in [0.29, 0.717) is 38.1 Å². The molecule has 110 valence electrons. The molecule has 0 heterocycles. The third-order valence-corrected chi connectivity index (χ3v) is 4.30. The van der Waals surface area contributed by atoms with Gasteiger partial charge >= 0.3 is 0 Å². The van der Waals surface area contributed by atoms with Gasteiger partial charge in [0, 0.05) is 10.6 Å². The Morgan fingerprint density at radius 2 is 1.90 bits per heavy atom. The van der Waals surface area contributed by atoms with Gasteiger partial charge < -0.3 is 11.1 Å². The zero-order valence-electron chi connectivity index (χ0n) is 10.6. The highest BCUT2D eigenvalue weighted by molar-refractivity contribution is 9.10. The second-order valence-electron chi connectivity index (χ2n) is 4.04. The normalized spacial score (nSPS) is 10.7. The standard InChI is InChI=1S/C14H11BrF2N2OS/c15-12-8(4-3-5-9(12)18)13(20)19-10-6-1-2-7-11(10)21-14(16)17/h1-7,14H,18H2,(H,19,20). The minimum Gasteiger partial charge on any atom is -0.398 e. The average molecular weight is 373 g/mol. The molecule has 0 radical (unpaired) electrons. The van der Waals surface area contributed by atoms with E-state index in [1.54, 1.807) is 36.4 Å². The average Bonchev–Trinajstić information content (AvgIpc) is 2.43. The van der Waals surface area contributed by atoms with Crippen LogP contribution in [0.4, 0.5) is 20.2 Å². The van der Waals surface area contributed by atoms with Crippen LogP contribution in [0.1, 0.15) is 10.4 Å². The first-order valence-corrected chi connectivity index (χ1v) is 7.55. The predicted molar refractivity (Wildman–Crippen MR) is 84.8 cm³/mol. The molecule has 0 spiro atoms. The Bertz CT molecular complexity index is 667. The Balaban J connectivity index is 2.26. The van der Waals surface area contributed by atoms with Gasteiger partial charge in [0.25, 0.3) is 11.7 Å². The van der Waals surface area contributed by atoms with E-state index in [2.05, 4.69) is 21.2 Å². The highest BCUT2D eigenvalue weighted by Gasteiger charge is 2.15. The topological polar surface area (TPSA) is 55.1 Å². The van der Waals surface area contributed by atoms with Gasteiger partial charge in [-0.3, -0.25) is 4.79 Å². The van der Waals surface area contributed by atoms with Crippen LogP contribution in [0.25, 0.3) is 0 Å². The molecule has 0 aromatic heterocycles. The van der Waals surface area contributed by atoms with Crippen LogP contribution in [0.5, 0.6) is 0 Å². The molecule has 0 aliphatic heterocycles. The maximum absolute atomic E-state index is 12.5. The number of hydrogen-bond acceptors (Lipinski definition) is 3. The molecule has 0 bridgehead atoms. The van der Waals surface area contributed by atoms with Crippen molar-refractivity contribution in [2.45, 2.75) is 10.7 Å². The highest BCUT2D eigenvalue weighted by Crippen LogP contribution is 2.32. The SMILES string of the molecule is Nc1cccc(C(=O)Nc2ccccc2SC(F)F)c1Br. The summed E-state index contributed by atoms with van der Waals surface area (Å²) in [6.45, 7) is 0. The summed E-state index contributed by atoms with van der Waals surface area (Å²) in [4.78, 5) is 12.5. The Kier molecular flexibility index (Phi) is 5.19. The number of alkyl halides is 2. The number of benzene rings is 2. The molecule has 7 heteroatoms. The van der Waals surface area contributed by atoms with Crippen molar-refractivity contribution in [3.8, 4) is 0 Å². The van der Waals surface area contributed by atoms with Gasteiger partial charge in [0.2, 0.25) is 0 Å². The fraction of sp³-hybridized carbons (Fsp3) is 0.0714. The highest BCUT2D eigenvalue weighted by atomic mass is 79.9. The van der Waals surface area contributed by atoms with Crippen molar-refractivity contribution < 1.29 is 13.6 Å². The first-order valence-electron chi connectivity index (χ1n) is 5.88. The quantitative estimate of drug-likeness (QED) is 0.609. The molecule has 2 aromatic rings. The van der Waals surface area contributed by atoms with Crippen LogP contribution in [0.15, 0.2) is 51.8 Å². The van der Waals surface area contributed by atoms with Gasteiger partial charge in [0.1, 0.15) is 0 Å². The zero-order valence-corrected chi connectivity index (χ0v) is 13.0. The monoisotopic (exact) mass is 372 g/mol. The third kappa shape index (κ3) is 3.95. The Labute approximate surface area is 133 Å². The van der Waals surface area contributed by atoms with Crippen LogP contribution < -0.4 is 11.1 Å². The number of thioether (sulfide) groups is 1. The largest absolute Gasteiger partial charge is 0.398 e. The minimum absolute atomic E-state index is 0.306. The molecular formula is C14H11BrF2N2OS. The smallest absolute Gasteiger partial charge is 0.288 e. The third-order valence-electron chi connectivity index (χ3n) is 2.62. The maximum atomic E-state index is 12.5. The lowest BCUT2D eigenvalue weighted by atomic mass is 10.2. The van der Waals surface area contributed by atoms with Crippen molar-refractivity contribution in [2.24, 2.45) is 0 Å². The maximum Gasteiger partial charge on any atom is 0.288 e. The lowest BCUT2D eigenvalue weighted by molar-refractivity contribution is 0.102. The van der Waals surface area contributed by atoms with Gasteiger partial charge in [-0.1, -0.05) is 30.0 Å².